The predicted octanol–water partition coefficient (Wildman–Crippen LogP) is 8.99. The van der Waals surface area contributed by atoms with Crippen LogP contribution in [-0.4, -0.2) is 16.5 Å². The number of hydrogen-bond donors (Lipinski definition) is 2. The summed E-state index contributed by atoms with van der Waals surface area (Å²) in [6, 6.07) is 8.47. The normalized spacial score (nSPS) is 10.9. The van der Waals surface area contributed by atoms with Crippen molar-refractivity contribution in [3.8, 4) is 0 Å². The molecule has 4 nitrogen and oxygen atoms in total. The van der Waals surface area contributed by atoms with Crippen molar-refractivity contribution in [2.24, 2.45) is 0 Å². The van der Waals surface area contributed by atoms with Gasteiger partial charge in [0.1, 0.15) is 6.33 Å². The van der Waals surface area contributed by atoms with E-state index in [1.807, 2.05) is 20.8 Å². The third kappa shape index (κ3) is 8.12. The number of fused-ring (bicyclic) bond motifs is 1. The van der Waals surface area contributed by atoms with Crippen LogP contribution in [0.1, 0.15) is 71.7 Å². The van der Waals surface area contributed by atoms with Crippen molar-refractivity contribution >= 4 is 44.3 Å². The van der Waals surface area contributed by atoms with Gasteiger partial charge >= 0.3 is 0 Å². The Morgan fingerprint density at radius 3 is 2.38 bits per heavy atom. The fourth-order valence-corrected chi connectivity index (χ4v) is 4.10. The number of hydrogen-bond acceptors (Lipinski definition) is 5. The minimum Gasteiger partial charge on any atom is -0.385 e. The van der Waals surface area contributed by atoms with Gasteiger partial charge in [0.15, 0.2) is 5.82 Å². The Hall–Kier alpha value is -2.66. The van der Waals surface area contributed by atoms with Crippen molar-refractivity contribution < 1.29 is 0 Å². The van der Waals surface area contributed by atoms with Crippen LogP contribution >= 0.6 is 11.3 Å². The van der Waals surface area contributed by atoms with Crippen molar-refractivity contribution in [3.63, 3.8) is 0 Å². The third-order valence-corrected chi connectivity index (χ3v) is 5.80. The van der Waals surface area contributed by atoms with Crippen molar-refractivity contribution in [1.29, 1.82) is 0 Å². The highest BCUT2D eigenvalue weighted by molar-refractivity contribution is 7.20. The van der Waals surface area contributed by atoms with Crippen molar-refractivity contribution in [2.75, 3.05) is 17.2 Å². The molecule has 0 spiro atoms. The molecule has 0 saturated carbocycles. The first-order valence-corrected chi connectivity index (χ1v) is 12.5. The molecular weight excluding hydrogens is 412 g/mol. The Bertz CT molecular complexity index is 1000. The lowest BCUT2D eigenvalue weighted by Gasteiger charge is -2.11. The average molecular weight is 453 g/mol. The predicted molar refractivity (Wildman–Crippen MR) is 146 cm³/mol. The lowest BCUT2D eigenvalue weighted by atomic mass is 10.1. The molecule has 3 aromatic rings. The van der Waals surface area contributed by atoms with E-state index in [2.05, 4.69) is 97.7 Å². The lowest BCUT2D eigenvalue weighted by Crippen LogP contribution is -2.00. The highest BCUT2D eigenvalue weighted by Crippen LogP contribution is 2.34. The number of anilines is 3. The summed E-state index contributed by atoms with van der Waals surface area (Å²) in [6.07, 6.45) is 10.2. The van der Waals surface area contributed by atoms with Crippen molar-refractivity contribution in [3.05, 3.63) is 59.3 Å². The molecule has 0 bridgehead atoms. The zero-order valence-electron chi connectivity index (χ0n) is 21.0. The first-order chi connectivity index (χ1) is 15.5. The smallest absolute Gasteiger partial charge is 0.151 e. The molecule has 5 heteroatoms. The van der Waals surface area contributed by atoms with E-state index >= 15 is 0 Å². The molecule has 1 aromatic carbocycles. The SMILES string of the molecule is C/C=C\CC.CC.CC/C=C(\C)c1cc2ncnc(Nc3ccc(NCC)c(C)c3)c2s1. The van der Waals surface area contributed by atoms with Crippen molar-refractivity contribution in [1.82, 2.24) is 9.97 Å². The summed E-state index contributed by atoms with van der Waals surface area (Å²) in [6.45, 7) is 17.6. The summed E-state index contributed by atoms with van der Waals surface area (Å²) in [5.41, 5.74) is 5.70. The second-order valence-corrected chi connectivity index (χ2v) is 8.06. The van der Waals surface area contributed by atoms with Crippen LogP contribution in [0.5, 0.6) is 0 Å². The molecule has 32 heavy (non-hydrogen) atoms. The summed E-state index contributed by atoms with van der Waals surface area (Å²) in [7, 11) is 0. The maximum absolute atomic E-state index is 4.46. The molecule has 0 fully saturated rings. The topological polar surface area (TPSA) is 49.8 Å². The van der Waals surface area contributed by atoms with Gasteiger partial charge in [-0.25, -0.2) is 9.97 Å². The largest absolute Gasteiger partial charge is 0.385 e. The molecule has 174 valence electrons. The molecule has 3 rings (SSSR count). The summed E-state index contributed by atoms with van der Waals surface area (Å²) >= 11 is 1.74. The maximum Gasteiger partial charge on any atom is 0.151 e. The number of aromatic nitrogens is 2. The van der Waals surface area contributed by atoms with Crippen LogP contribution in [-0.2, 0) is 0 Å². The van der Waals surface area contributed by atoms with E-state index in [-0.39, 0.29) is 0 Å². The molecule has 0 atom stereocenters. The molecule has 0 unspecified atom stereocenters. The second-order valence-electron chi connectivity index (χ2n) is 7.00. The summed E-state index contributed by atoms with van der Waals surface area (Å²) in [4.78, 5) is 10.1. The van der Waals surface area contributed by atoms with Gasteiger partial charge in [-0.1, -0.05) is 45.9 Å². The first kappa shape index (κ1) is 27.4. The van der Waals surface area contributed by atoms with Gasteiger partial charge in [0, 0.05) is 22.8 Å². The minimum absolute atomic E-state index is 0.862. The molecule has 0 saturated heterocycles. The number of benzene rings is 1. The molecule has 0 radical (unpaired) electrons. The zero-order chi connectivity index (χ0) is 23.9. The number of aryl methyl sites for hydroxylation is 1. The van der Waals surface area contributed by atoms with Crippen LogP contribution in [0.3, 0.4) is 0 Å². The van der Waals surface area contributed by atoms with E-state index in [0.717, 1.165) is 41.1 Å². The Balaban J connectivity index is 0.000000646. The zero-order valence-corrected chi connectivity index (χ0v) is 21.9. The first-order valence-electron chi connectivity index (χ1n) is 11.7. The van der Waals surface area contributed by atoms with Crippen LogP contribution in [0.4, 0.5) is 17.2 Å². The third-order valence-electron chi connectivity index (χ3n) is 4.54. The summed E-state index contributed by atoms with van der Waals surface area (Å²) < 4.78 is 1.09. The Morgan fingerprint density at radius 2 is 1.81 bits per heavy atom. The summed E-state index contributed by atoms with van der Waals surface area (Å²) in [5, 5.41) is 6.82. The Kier molecular flexibility index (Phi) is 13.0. The van der Waals surface area contributed by atoms with Gasteiger partial charge in [0.2, 0.25) is 0 Å². The van der Waals surface area contributed by atoms with Gasteiger partial charge in [0.05, 0.1) is 10.2 Å². The van der Waals surface area contributed by atoms with Gasteiger partial charge in [-0.2, -0.15) is 0 Å². The van der Waals surface area contributed by atoms with Crippen LogP contribution < -0.4 is 10.6 Å². The number of nitrogens with one attached hydrogen (secondary N) is 2. The van der Waals surface area contributed by atoms with Crippen LogP contribution in [0.15, 0.2) is 48.8 Å². The molecule has 0 aliphatic heterocycles. The molecule has 0 aliphatic rings. The fraction of sp³-hybridized carbons (Fsp3) is 0.407. The van der Waals surface area contributed by atoms with E-state index in [1.165, 1.54) is 21.7 Å². The fourth-order valence-electron chi connectivity index (χ4n) is 3.05. The second kappa shape index (κ2) is 15.2. The van der Waals surface area contributed by atoms with Crippen LogP contribution in [0, 0.1) is 6.92 Å². The quantitative estimate of drug-likeness (QED) is 0.351. The Labute approximate surface area is 198 Å². The molecule has 2 aromatic heterocycles. The van der Waals surface area contributed by atoms with E-state index in [1.54, 1.807) is 17.7 Å². The van der Waals surface area contributed by atoms with Crippen molar-refractivity contribution in [2.45, 2.75) is 68.2 Å². The van der Waals surface area contributed by atoms with Gasteiger partial charge < -0.3 is 10.6 Å². The highest BCUT2D eigenvalue weighted by Gasteiger charge is 2.10. The van der Waals surface area contributed by atoms with Gasteiger partial charge in [-0.15, -0.1) is 11.3 Å². The van der Waals surface area contributed by atoms with E-state index < -0.39 is 0 Å². The highest BCUT2D eigenvalue weighted by atomic mass is 32.1. The summed E-state index contributed by atoms with van der Waals surface area (Å²) in [5.74, 6) is 0.862. The standard InChI is InChI=1S/C20H24N4S.C5H10.C2H6/c1-5-7-13(3)18-11-17-19(25-18)20(23-12-22-17)24-15-8-9-16(21-6-2)14(4)10-15;1-3-5-4-2;1-2/h7-12,21H,5-6H2,1-4H3,(H,22,23,24);3,5H,4H2,1-2H3;1-2H3/b13-7+;5-3-;. The number of rotatable bonds is 7. The molecule has 2 N–H and O–H groups in total. The lowest BCUT2D eigenvalue weighted by molar-refractivity contribution is 1.20. The molecule has 0 aliphatic carbocycles. The number of thiophene rings is 1. The Morgan fingerprint density at radius 1 is 1.06 bits per heavy atom. The molecule has 0 amide bonds. The molecule has 2 heterocycles. The number of allylic oxidation sites excluding steroid dienone is 4. The minimum atomic E-state index is 0.862. The van der Waals surface area contributed by atoms with E-state index in [4.69, 9.17) is 0 Å². The van der Waals surface area contributed by atoms with Gasteiger partial charge in [-0.05, 0) is 75.9 Å². The van der Waals surface area contributed by atoms with E-state index in [0.29, 0.717) is 0 Å². The van der Waals surface area contributed by atoms with Crippen LogP contribution in [0.2, 0.25) is 0 Å². The van der Waals surface area contributed by atoms with Crippen LogP contribution in [0.25, 0.3) is 15.8 Å². The average Bonchev–Trinajstić information content (AvgIpc) is 3.24. The van der Waals surface area contributed by atoms with E-state index in [9.17, 15) is 0 Å². The van der Waals surface area contributed by atoms with Gasteiger partial charge in [-0.3, -0.25) is 0 Å². The molecular formula is C27H40N4S. The number of nitrogens with zero attached hydrogens (tertiary/aromatic N) is 2. The maximum atomic E-state index is 4.46. The monoisotopic (exact) mass is 452 g/mol. The van der Waals surface area contributed by atoms with Gasteiger partial charge in [0.25, 0.3) is 0 Å².